The van der Waals surface area contributed by atoms with Crippen molar-refractivity contribution in [2.75, 3.05) is 5.32 Å². The summed E-state index contributed by atoms with van der Waals surface area (Å²) in [4.78, 5) is 3.04. The van der Waals surface area contributed by atoms with Gasteiger partial charge in [-0.2, -0.15) is 13.2 Å². The van der Waals surface area contributed by atoms with Crippen LogP contribution in [0.15, 0.2) is 10.7 Å². The number of aryl methyl sites for hydroxylation is 2. The number of hydrogen-bond acceptors (Lipinski definition) is 5. The zero-order valence-corrected chi connectivity index (χ0v) is 12.0. The number of rotatable bonds is 4. The molecule has 0 fully saturated rings. The van der Waals surface area contributed by atoms with Crippen molar-refractivity contribution in [3.63, 3.8) is 0 Å². The van der Waals surface area contributed by atoms with Crippen LogP contribution in [0.3, 0.4) is 0 Å². The van der Waals surface area contributed by atoms with E-state index in [0.717, 1.165) is 23.2 Å². The largest absolute Gasteiger partial charge is 0.427 e. The highest BCUT2D eigenvalue weighted by molar-refractivity contribution is 7.15. The maximum atomic E-state index is 12.5. The van der Waals surface area contributed by atoms with Gasteiger partial charge in [0.2, 0.25) is 0 Å². The summed E-state index contributed by atoms with van der Waals surface area (Å²) in [5, 5.41) is 7.07. The average molecular weight is 305 g/mol. The van der Waals surface area contributed by atoms with E-state index in [-0.39, 0.29) is 11.2 Å². The number of nitrogens with zero attached hydrogens (tertiary/aromatic N) is 2. The average Bonchev–Trinajstić information content (AvgIpc) is 2.90. The summed E-state index contributed by atoms with van der Waals surface area (Å²) in [6.07, 6.45) is -2.89. The minimum absolute atomic E-state index is 0.0703. The zero-order valence-electron chi connectivity index (χ0n) is 11.2. The lowest BCUT2D eigenvalue weighted by Gasteiger charge is -2.12. The molecule has 0 saturated carbocycles. The zero-order chi connectivity index (χ0) is 14.9. The van der Waals surface area contributed by atoms with E-state index in [9.17, 15) is 13.2 Å². The topological polar surface area (TPSA) is 51.0 Å². The van der Waals surface area contributed by atoms with Crippen LogP contribution in [0.2, 0.25) is 0 Å². The molecule has 8 heteroatoms. The quantitative estimate of drug-likeness (QED) is 0.933. The Bertz CT molecular complexity index is 572. The van der Waals surface area contributed by atoms with E-state index in [0.29, 0.717) is 17.8 Å². The molecule has 1 atom stereocenters. The van der Waals surface area contributed by atoms with Crippen molar-refractivity contribution in [3.8, 4) is 0 Å². The molecule has 0 saturated heterocycles. The Balaban J connectivity index is 2.02. The molecule has 2 aromatic rings. The SMILES string of the molecule is Cc1noc(C)c1CC(C)Nc1ncc(C(F)(F)F)s1. The van der Waals surface area contributed by atoms with Gasteiger partial charge >= 0.3 is 6.18 Å². The van der Waals surface area contributed by atoms with Crippen LogP contribution < -0.4 is 5.32 Å². The normalized spacial score (nSPS) is 13.5. The lowest BCUT2D eigenvalue weighted by molar-refractivity contribution is -0.134. The van der Waals surface area contributed by atoms with E-state index in [1.54, 1.807) is 0 Å². The molecule has 0 aliphatic carbocycles. The Morgan fingerprint density at radius 1 is 1.40 bits per heavy atom. The van der Waals surface area contributed by atoms with Crippen molar-refractivity contribution in [1.29, 1.82) is 0 Å². The maximum Gasteiger partial charge on any atom is 0.427 e. The Hall–Kier alpha value is -1.57. The van der Waals surface area contributed by atoms with Crippen LogP contribution in [0.1, 0.15) is 28.8 Å². The van der Waals surface area contributed by atoms with Gasteiger partial charge in [-0.15, -0.1) is 0 Å². The van der Waals surface area contributed by atoms with E-state index in [1.807, 2.05) is 20.8 Å². The molecule has 0 aromatic carbocycles. The third-order valence-corrected chi connectivity index (χ3v) is 3.82. The fourth-order valence-corrected chi connectivity index (χ4v) is 2.63. The number of aromatic nitrogens is 2. The minimum Gasteiger partial charge on any atom is -0.361 e. The standard InChI is InChI=1S/C12H14F3N3OS/c1-6(4-9-7(2)18-19-8(9)3)17-11-16-5-10(20-11)12(13,14)15/h5-6H,4H2,1-3H3,(H,16,17). The van der Waals surface area contributed by atoms with E-state index in [2.05, 4.69) is 15.5 Å². The van der Waals surface area contributed by atoms with Crippen LogP contribution >= 0.6 is 11.3 Å². The first-order valence-corrected chi connectivity index (χ1v) is 6.80. The van der Waals surface area contributed by atoms with Crippen molar-refractivity contribution in [3.05, 3.63) is 28.1 Å². The summed E-state index contributed by atoms with van der Waals surface area (Å²) in [5.41, 5.74) is 1.77. The number of thiazole rings is 1. The first-order valence-electron chi connectivity index (χ1n) is 5.98. The molecule has 0 spiro atoms. The predicted molar refractivity (Wildman–Crippen MR) is 69.9 cm³/mol. The van der Waals surface area contributed by atoms with Crippen LogP contribution in [0.25, 0.3) is 0 Å². The highest BCUT2D eigenvalue weighted by Crippen LogP contribution is 2.35. The summed E-state index contributed by atoms with van der Waals surface area (Å²) >= 11 is 0.603. The second kappa shape index (κ2) is 5.43. The third kappa shape index (κ3) is 3.30. The number of halogens is 3. The van der Waals surface area contributed by atoms with Crippen molar-refractivity contribution >= 4 is 16.5 Å². The van der Waals surface area contributed by atoms with Gasteiger partial charge in [-0.1, -0.05) is 16.5 Å². The molecule has 1 unspecified atom stereocenters. The van der Waals surface area contributed by atoms with Gasteiger partial charge in [0.05, 0.1) is 11.9 Å². The summed E-state index contributed by atoms with van der Waals surface area (Å²) in [5.74, 6) is 0.728. The number of anilines is 1. The van der Waals surface area contributed by atoms with Gasteiger partial charge in [0.15, 0.2) is 5.13 Å². The van der Waals surface area contributed by atoms with E-state index < -0.39 is 11.1 Å². The fourth-order valence-electron chi connectivity index (χ4n) is 1.83. The van der Waals surface area contributed by atoms with E-state index in [4.69, 9.17) is 4.52 Å². The Morgan fingerprint density at radius 3 is 2.60 bits per heavy atom. The molecule has 2 heterocycles. The lowest BCUT2D eigenvalue weighted by atomic mass is 10.1. The van der Waals surface area contributed by atoms with Crippen LogP contribution in [0, 0.1) is 13.8 Å². The van der Waals surface area contributed by atoms with Gasteiger partial charge in [-0.25, -0.2) is 4.98 Å². The maximum absolute atomic E-state index is 12.5. The first kappa shape index (κ1) is 14.8. The number of hydrogen-bond donors (Lipinski definition) is 1. The molecule has 2 rings (SSSR count). The minimum atomic E-state index is -4.34. The highest BCUT2D eigenvalue weighted by atomic mass is 32.1. The third-order valence-electron chi connectivity index (χ3n) is 2.85. The second-order valence-electron chi connectivity index (χ2n) is 4.58. The van der Waals surface area contributed by atoms with Crippen LogP contribution in [0.4, 0.5) is 18.3 Å². The molecule has 20 heavy (non-hydrogen) atoms. The van der Waals surface area contributed by atoms with Crippen LogP contribution in [0.5, 0.6) is 0 Å². The van der Waals surface area contributed by atoms with Crippen LogP contribution in [-0.4, -0.2) is 16.2 Å². The summed E-state index contributed by atoms with van der Waals surface area (Å²) in [7, 11) is 0. The van der Waals surface area contributed by atoms with Crippen molar-refractivity contribution in [2.24, 2.45) is 0 Å². The van der Waals surface area contributed by atoms with E-state index in [1.165, 1.54) is 0 Å². The summed E-state index contributed by atoms with van der Waals surface area (Å²) in [6, 6.07) is -0.0703. The molecule has 110 valence electrons. The Kier molecular flexibility index (Phi) is 4.03. The molecule has 0 aliphatic heterocycles. The molecule has 0 amide bonds. The molecule has 0 aliphatic rings. The van der Waals surface area contributed by atoms with Crippen molar-refractivity contribution < 1.29 is 17.7 Å². The van der Waals surface area contributed by atoms with Gasteiger partial charge < -0.3 is 9.84 Å². The lowest BCUT2D eigenvalue weighted by Crippen LogP contribution is -2.18. The molecular weight excluding hydrogens is 291 g/mol. The number of alkyl halides is 3. The molecule has 0 bridgehead atoms. The van der Waals surface area contributed by atoms with Crippen molar-refractivity contribution in [2.45, 2.75) is 39.4 Å². The van der Waals surface area contributed by atoms with Gasteiger partial charge in [0.1, 0.15) is 10.6 Å². The molecule has 4 nitrogen and oxygen atoms in total. The molecular formula is C12H14F3N3OS. The monoisotopic (exact) mass is 305 g/mol. The summed E-state index contributed by atoms with van der Waals surface area (Å²) in [6.45, 7) is 5.53. The van der Waals surface area contributed by atoms with Gasteiger partial charge in [0.25, 0.3) is 0 Å². The molecule has 1 N–H and O–H groups in total. The highest BCUT2D eigenvalue weighted by Gasteiger charge is 2.33. The van der Waals surface area contributed by atoms with Gasteiger partial charge in [0, 0.05) is 11.6 Å². The van der Waals surface area contributed by atoms with Crippen LogP contribution in [-0.2, 0) is 12.6 Å². The molecule has 2 aromatic heterocycles. The smallest absolute Gasteiger partial charge is 0.361 e. The fraction of sp³-hybridized carbons (Fsp3) is 0.500. The first-order chi connectivity index (χ1) is 9.27. The number of nitrogens with one attached hydrogen (secondary N) is 1. The van der Waals surface area contributed by atoms with Gasteiger partial charge in [-0.3, -0.25) is 0 Å². The second-order valence-corrected chi connectivity index (χ2v) is 5.61. The van der Waals surface area contributed by atoms with Crippen molar-refractivity contribution in [1.82, 2.24) is 10.1 Å². The van der Waals surface area contributed by atoms with E-state index >= 15 is 0 Å². The summed E-state index contributed by atoms with van der Waals surface area (Å²) < 4.78 is 42.5. The Morgan fingerprint density at radius 2 is 2.10 bits per heavy atom. The van der Waals surface area contributed by atoms with Gasteiger partial charge in [-0.05, 0) is 27.2 Å². The molecule has 0 radical (unpaired) electrons. The predicted octanol–water partition coefficient (Wildman–Crippen LogP) is 3.81. The Labute approximate surface area is 118 Å².